The van der Waals surface area contributed by atoms with Gasteiger partial charge < -0.3 is 9.73 Å². The maximum atomic E-state index is 5.38. The summed E-state index contributed by atoms with van der Waals surface area (Å²) in [5.41, 5.74) is 0.247. The second-order valence-corrected chi connectivity index (χ2v) is 5.75. The molecular weight excluding hydrogens is 212 g/mol. The fourth-order valence-corrected chi connectivity index (χ4v) is 2.55. The molecule has 1 aromatic rings. The predicted octanol–water partition coefficient (Wildman–Crippen LogP) is 2.28. The van der Waals surface area contributed by atoms with Crippen LogP contribution in [0.15, 0.2) is 22.8 Å². The minimum atomic E-state index is 0.247. The van der Waals surface area contributed by atoms with Crippen molar-refractivity contribution in [1.82, 2.24) is 10.2 Å². The zero-order valence-corrected chi connectivity index (χ0v) is 11.2. The van der Waals surface area contributed by atoms with Crippen molar-refractivity contribution < 1.29 is 4.42 Å². The fourth-order valence-electron chi connectivity index (χ4n) is 2.55. The molecule has 1 N–H and O–H groups in total. The van der Waals surface area contributed by atoms with Crippen LogP contribution in [-0.4, -0.2) is 36.1 Å². The van der Waals surface area contributed by atoms with E-state index >= 15 is 0 Å². The molecule has 1 aromatic heterocycles. The van der Waals surface area contributed by atoms with Crippen molar-refractivity contribution in [2.75, 3.05) is 19.6 Å². The molecule has 1 saturated heterocycles. The number of aryl methyl sites for hydroxylation is 1. The van der Waals surface area contributed by atoms with Gasteiger partial charge in [0.15, 0.2) is 0 Å². The van der Waals surface area contributed by atoms with Crippen LogP contribution >= 0.6 is 0 Å². The van der Waals surface area contributed by atoms with E-state index in [-0.39, 0.29) is 5.54 Å². The zero-order valence-electron chi connectivity index (χ0n) is 11.2. The number of rotatable bonds is 4. The van der Waals surface area contributed by atoms with Gasteiger partial charge in [-0.15, -0.1) is 0 Å². The average Bonchev–Trinajstić information content (AvgIpc) is 2.77. The van der Waals surface area contributed by atoms with Crippen LogP contribution in [0, 0.1) is 0 Å². The molecule has 2 heterocycles. The SMILES string of the molecule is CC(CCc1ccco1)N1CCNC(C)(C)C1. The molecule has 0 aliphatic carbocycles. The lowest BCUT2D eigenvalue weighted by atomic mass is 9.99. The smallest absolute Gasteiger partial charge is 0.103 e. The monoisotopic (exact) mass is 236 g/mol. The first-order valence-corrected chi connectivity index (χ1v) is 6.58. The maximum Gasteiger partial charge on any atom is 0.103 e. The van der Waals surface area contributed by atoms with Gasteiger partial charge in [-0.3, -0.25) is 4.90 Å². The summed E-state index contributed by atoms with van der Waals surface area (Å²) in [7, 11) is 0. The van der Waals surface area contributed by atoms with Crippen LogP contribution in [0.5, 0.6) is 0 Å². The molecule has 3 heteroatoms. The first kappa shape index (κ1) is 12.7. The Bertz CT molecular complexity index is 332. The van der Waals surface area contributed by atoms with Gasteiger partial charge in [-0.05, 0) is 39.3 Å². The topological polar surface area (TPSA) is 28.4 Å². The molecule has 1 atom stereocenters. The van der Waals surface area contributed by atoms with Gasteiger partial charge in [0.25, 0.3) is 0 Å². The molecule has 0 spiro atoms. The Hall–Kier alpha value is -0.800. The summed E-state index contributed by atoms with van der Waals surface area (Å²) in [6.07, 6.45) is 3.97. The summed E-state index contributed by atoms with van der Waals surface area (Å²) in [5.74, 6) is 1.10. The van der Waals surface area contributed by atoms with Gasteiger partial charge in [-0.25, -0.2) is 0 Å². The van der Waals surface area contributed by atoms with E-state index in [9.17, 15) is 0 Å². The lowest BCUT2D eigenvalue weighted by Crippen LogP contribution is -2.58. The molecule has 0 amide bonds. The molecule has 17 heavy (non-hydrogen) atoms. The zero-order chi connectivity index (χ0) is 12.3. The Balaban J connectivity index is 1.81. The second kappa shape index (κ2) is 5.23. The van der Waals surface area contributed by atoms with Crippen LogP contribution < -0.4 is 5.32 Å². The van der Waals surface area contributed by atoms with Crippen LogP contribution in [0.25, 0.3) is 0 Å². The van der Waals surface area contributed by atoms with Crippen LogP contribution in [0.3, 0.4) is 0 Å². The average molecular weight is 236 g/mol. The van der Waals surface area contributed by atoms with Crippen molar-refractivity contribution in [3.8, 4) is 0 Å². The highest BCUT2D eigenvalue weighted by Crippen LogP contribution is 2.16. The van der Waals surface area contributed by atoms with Gasteiger partial charge in [0.1, 0.15) is 5.76 Å². The van der Waals surface area contributed by atoms with Crippen molar-refractivity contribution in [2.45, 2.75) is 45.2 Å². The minimum absolute atomic E-state index is 0.247. The largest absolute Gasteiger partial charge is 0.469 e. The quantitative estimate of drug-likeness (QED) is 0.869. The van der Waals surface area contributed by atoms with Crippen LogP contribution in [0.1, 0.15) is 33.0 Å². The van der Waals surface area contributed by atoms with Crippen LogP contribution in [-0.2, 0) is 6.42 Å². The number of hydrogen-bond acceptors (Lipinski definition) is 3. The molecule has 1 fully saturated rings. The fraction of sp³-hybridized carbons (Fsp3) is 0.714. The van der Waals surface area contributed by atoms with Gasteiger partial charge in [-0.2, -0.15) is 0 Å². The molecule has 0 bridgehead atoms. The van der Waals surface area contributed by atoms with Crippen molar-refractivity contribution >= 4 is 0 Å². The highest BCUT2D eigenvalue weighted by atomic mass is 16.3. The van der Waals surface area contributed by atoms with E-state index in [1.54, 1.807) is 6.26 Å². The number of piperazine rings is 1. The van der Waals surface area contributed by atoms with E-state index in [2.05, 4.69) is 37.1 Å². The lowest BCUT2D eigenvalue weighted by Gasteiger charge is -2.42. The third-order valence-electron chi connectivity index (χ3n) is 3.61. The van der Waals surface area contributed by atoms with E-state index in [0.29, 0.717) is 6.04 Å². The molecule has 2 rings (SSSR count). The lowest BCUT2D eigenvalue weighted by molar-refractivity contribution is 0.111. The molecule has 3 nitrogen and oxygen atoms in total. The van der Waals surface area contributed by atoms with Gasteiger partial charge >= 0.3 is 0 Å². The van der Waals surface area contributed by atoms with Gasteiger partial charge in [0, 0.05) is 37.6 Å². The minimum Gasteiger partial charge on any atom is -0.469 e. The highest BCUT2D eigenvalue weighted by molar-refractivity contribution is 4.99. The van der Waals surface area contributed by atoms with Gasteiger partial charge in [0.2, 0.25) is 0 Å². The Morgan fingerprint density at radius 1 is 1.53 bits per heavy atom. The molecule has 0 aromatic carbocycles. The molecule has 0 saturated carbocycles. The summed E-state index contributed by atoms with van der Waals surface area (Å²) >= 11 is 0. The molecule has 96 valence electrons. The number of hydrogen-bond donors (Lipinski definition) is 1. The maximum absolute atomic E-state index is 5.38. The molecule has 1 unspecified atom stereocenters. The number of furan rings is 1. The van der Waals surface area contributed by atoms with E-state index in [4.69, 9.17) is 4.42 Å². The van der Waals surface area contributed by atoms with Crippen LogP contribution in [0.2, 0.25) is 0 Å². The first-order chi connectivity index (χ1) is 8.07. The highest BCUT2D eigenvalue weighted by Gasteiger charge is 2.28. The van der Waals surface area contributed by atoms with Crippen LogP contribution in [0.4, 0.5) is 0 Å². The van der Waals surface area contributed by atoms with Crippen molar-refractivity contribution in [1.29, 1.82) is 0 Å². The summed E-state index contributed by atoms with van der Waals surface area (Å²) in [4.78, 5) is 2.58. The van der Waals surface area contributed by atoms with E-state index in [1.165, 1.54) is 6.42 Å². The number of nitrogens with one attached hydrogen (secondary N) is 1. The predicted molar refractivity (Wildman–Crippen MR) is 70.1 cm³/mol. The van der Waals surface area contributed by atoms with E-state index in [0.717, 1.165) is 31.8 Å². The van der Waals surface area contributed by atoms with Gasteiger partial charge in [-0.1, -0.05) is 0 Å². The number of nitrogens with zero attached hydrogens (tertiary/aromatic N) is 1. The van der Waals surface area contributed by atoms with Crippen molar-refractivity contribution in [2.24, 2.45) is 0 Å². The summed E-state index contributed by atoms with van der Waals surface area (Å²) in [6, 6.07) is 4.66. The Kier molecular flexibility index (Phi) is 3.89. The van der Waals surface area contributed by atoms with Crippen molar-refractivity contribution in [3.63, 3.8) is 0 Å². The summed E-state index contributed by atoms with van der Waals surface area (Å²) in [5, 5.41) is 3.55. The van der Waals surface area contributed by atoms with Gasteiger partial charge in [0.05, 0.1) is 6.26 Å². The molecule has 1 aliphatic heterocycles. The third-order valence-corrected chi connectivity index (χ3v) is 3.61. The van der Waals surface area contributed by atoms with Crippen molar-refractivity contribution in [3.05, 3.63) is 24.2 Å². The molecular formula is C14H24N2O. The summed E-state index contributed by atoms with van der Waals surface area (Å²) < 4.78 is 5.38. The molecule has 1 aliphatic rings. The molecule has 0 radical (unpaired) electrons. The van der Waals surface area contributed by atoms with E-state index < -0.39 is 0 Å². The Morgan fingerprint density at radius 3 is 3.00 bits per heavy atom. The summed E-state index contributed by atoms with van der Waals surface area (Å²) in [6.45, 7) is 10.3. The van der Waals surface area contributed by atoms with E-state index in [1.807, 2.05) is 6.07 Å². The first-order valence-electron chi connectivity index (χ1n) is 6.58. The third kappa shape index (κ3) is 3.58. The Labute approximate surface area is 104 Å². The standard InChI is InChI=1S/C14H24N2O/c1-12(6-7-13-5-4-10-17-13)16-9-8-15-14(2,3)11-16/h4-5,10,12,15H,6-9,11H2,1-3H3. The normalized spacial score (nSPS) is 22.5. The second-order valence-electron chi connectivity index (χ2n) is 5.75. The Morgan fingerprint density at radius 2 is 2.35 bits per heavy atom.